The van der Waals surface area contributed by atoms with E-state index in [4.69, 9.17) is 25.6 Å². The molecule has 0 aliphatic heterocycles. The number of aliphatic hydroxyl groups is 2. The predicted molar refractivity (Wildman–Crippen MR) is 172 cm³/mol. The average molecular weight is 673 g/mol. The molecule has 258 valence electrons. The van der Waals surface area contributed by atoms with Crippen molar-refractivity contribution in [2.75, 3.05) is 10.6 Å². The molecular weight excluding hydrogens is 633 g/mol. The number of rotatable bonds is 8. The summed E-state index contributed by atoms with van der Waals surface area (Å²) in [5.74, 6) is -1.87. The standard InChI is InChI=1S/C30H38N8O3.C2HF3O2/c1-2-24(39)35-22-14-23(27(41)26(22)40)38-16-33-25-28(32-15-18-8-5-7-17-6-3-4-9-21(17)18)36-30(37-29(25)38)34-20-12-10-19(31)11-13-20;3-2(4,5)1(6)7/h3-9,16,19-20,22-23,26-27,40-41H,2,10-15,31H2,1H3,(H,35,39)(H2,32,34,36,37);(H,6,7)/t19?,20?,22-,23+,26+,27-;/m0./s1. The third kappa shape index (κ3) is 7.94. The number of carbonyl (C=O) groups excluding carboxylic acids is 1. The van der Waals surface area contributed by atoms with E-state index in [-0.39, 0.29) is 18.0 Å². The van der Waals surface area contributed by atoms with Gasteiger partial charge in [-0.25, -0.2) is 9.78 Å². The van der Waals surface area contributed by atoms with Crippen LogP contribution in [0.3, 0.4) is 0 Å². The largest absolute Gasteiger partial charge is 0.490 e. The van der Waals surface area contributed by atoms with Crippen LogP contribution in [0.5, 0.6) is 0 Å². The molecule has 2 aliphatic rings. The van der Waals surface area contributed by atoms with Gasteiger partial charge in [0.15, 0.2) is 17.0 Å². The number of imidazole rings is 1. The van der Waals surface area contributed by atoms with E-state index >= 15 is 0 Å². The quantitative estimate of drug-likeness (QED) is 0.145. The fourth-order valence-electron chi connectivity index (χ4n) is 6.15. The Labute approximate surface area is 273 Å². The Hall–Kier alpha value is -4.54. The monoisotopic (exact) mass is 672 g/mol. The van der Waals surface area contributed by atoms with Gasteiger partial charge in [0.25, 0.3) is 0 Å². The number of carboxylic acids is 1. The van der Waals surface area contributed by atoms with Gasteiger partial charge in [-0.15, -0.1) is 0 Å². The van der Waals surface area contributed by atoms with Crippen LogP contribution in [-0.4, -0.2) is 83.2 Å². The molecule has 2 aliphatic carbocycles. The molecule has 4 aromatic rings. The number of anilines is 2. The molecular formula is C32H39F3N8O5. The van der Waals surface area contributed by atoms with Gasteiger partial charge in [0.05, 0.1) is 18.4 Å². The summed E-state index contributed by atoms with van der Waals surface area (Å²) in [6, 6.07) is 13.9. The second-order valence-corrected chi connectivity index (χ2v) is 12.1. The van der Waals surface area contributed by atoms with Gasteiger partial charge in [-0.2, -0.15) is 23.1 Å². The molecule has 8 N–H and O–H groups in total. The molecule has 0 spiro atoms. The van der Waals surface area contributed by atoms with Crippen LogP contribution in [0.25, 0.3) is 21.9 Å². The fourth-order valence-corrected chi connectivity index (χ4v) is 6.15. The number of carboxylic acid groups (broad SMARTS) is 1. The summed E-state index contributed by atoms with van der Waals surface area (Å²) in [5, 5.41) is 41.0. The summed E-state index contributed by atoms with van der Waals surface area (Å²) in [6.45, 7) is 2.29. The molecule has 13 nitrogen and oxygen atoms in total. The van der Waals surface area contributed by atoms with E-state index in [2.05, 4.69) is 45.2 Å². The van der Waals surface area contributed by atoms with Gasteiger partial charge < -0.3 is 41.6 Å². The van der Waals surface area contributed by atoms with Crippen LogP contribution in [0.15, 0.2) is 48.8 Å². The summed E-state index contributed by atoms with van der Waals surface area (Å²) in [5.41, 5.74) is 8.38. The molecule has 4 atom stereocenters. The van der Waals surface area contributed by atoms with Crippen LogP contribution >= 0.6 is 0 Å². The molecule has 1 amide bonds. The van der Waals surface area contributed by atoms with E-state index in [1.165, 1.54) is 10.8 Å². The van der Waals surface area contributed by atoms with E-state index in [9.17, 15) is 28.2 Å². The Kier molecular flexibility index (Phi) is 10.7. The van der Waals surface area contributed by atoms with Gasteiger partial charge in [0.1, 0.15) is 12.2 Å². The van der Waals surface area contributed by atoms with Crippen molar-refractivity contribution >= 4 is 45.6 Å². The van der Waals surface area contributed by atoms with Crippen LogP contribution in [-0.2, 0) is 16.1 Å². The Morgan fingerprint density at radius 2 is 1.71 bits per heavy atom. The van der Waals surface area contributed by atoms with E-state index < -0.39 is 36.4 Å². The van der Waals surface area contributed by atoms with Crippen molar-refractivity contribution in [2.24, 2.45) is 5.73 Å². The zero-order chi connectivity index (χ0) is 34.6. The van der Waals surface area contributed by atoms with Crippen LogP contribution < -0.4 is 21.7 Å². The third-order valence-electron chi connectivity index (χ3n) is 8.77. The Bertz CT molecular complexity index is 1740. The first-order valence-corrected chi connectivity index (χ1v) is 15.8. The maximum absolute atomic E-state index is 12.0. The second kappa shape index (κ2) is 14.7. The van der Waals surface area contributed by atoms with Crippen LogP contribution in [0.4, 0.5) is 24.9 Å². The highest BCUT2D eigenvalue weighted by molar-refractivity contribution is 5.87. The van der Waals surface area contributed by atoms with E-state index in [0.29, 0.717) is 42.3 Å². The molecule has 0 saturated heterocycles. The third-order valence-corrected chi connectivity index (χ3v) is 8.77. The molecule has 6 rings (SSSR count). The molecule has 48 heavy (non-hydrogen) atoms. The number of fused-ring (bicyclic) bond motifs is 2. The molecule has 2 saturated carbocycles. The predicted octanol–water partition coefficient (Wildman–Crippen LogP) is 3.47. The van der Waals surface area contributed by atoms with Crippen molar-refractivity contribution in [3.05, 3.63) is 54.4 Å². The summed E-state index contributed by atoms with van der Waals surface area (Å²) >= 11 is 0. The number of hydrogen-bond acceptors (Lipinski definition) is 10. The first-order chi connectivity index (χ1) is 22.8. The maximum atomic E-state index is 12.0. The Morgan fingerprint density at radius 1 is 1.02 bits per heavy atom. The number of hydrogen-bond donors (Lipinski definition) is 7. The summed E-state index contributed by atoms with van der Waals surface area (Å²) < 4.78 is 33.5. The van der Waals surface area contributed by atoms with Crippen LogP contribution in [0.1, 0.15) is 57.1 Å². The van der Waals surface area contributed by atoms with E-state index in [1.807, 2.05) is 18.2 Å². The van der Waals surface area contributed by atoms with Gasteiger partial charge >= 0.3 is 12.1 Å². The highest BCUT2D eigenvalue weighted by atomic mass is 19.4. The number of nitrogens with two attached hydrogens (primary N) is 1. The zero-order valence-electron chi connectivity index (χ0n) is 26.2. The molecule has 16 heteroatoms. The number of aliphatic hydroxyl groups excluding tert-OH is 2. The lowest BCUT2D eigenvalue weighted by Crippen LogP contribution is -2.42. The van der Waals surface area contributed by atoms with Crippen molar-refractivity contribution in [1.29, 1.82) is 0 Å². The molecule has 0 radical (unpaired) electrons. The van der Waals surface area contributed by atoms with Crippen molar-refractivity contribution in [2.45, 2.75) is 94.5 Å². The molecule has 0 bridgehead atoms. The number of amides is 1. The minimum absolute atomic E-state index is 0.168. The number of benzene rings is 2. The summed E-state index contributed by atoms with van der Waals surface area (Å²) in [6.07, 6.45) is -1.21. The van der Waals surface area contributed by atoms with Crippen molar-refractivity contribution in [3.63, 3.8) is 0 Å². The Balaban J connectivity index is 0.000000582. The lowest BCUT2D eigenvalue weighted by molar-refractivity contribution is -0.192. The minimum atomic E-state index is -5.08. The Morgan fingerprint density at radius 3 is 2.40 bits per heavy atom. The zero-order valence-corrected chi connectivity index (χ0v) is 26.2. The van der Waals surface area contributed by atoms with Crippen LogP contribution in [0, 0.1) is 0 Å². The molecule has 2 heterocycles. The van der Waals surface area contributed by atoms with Gasteiger partial charge in [0, 0.05) is 25.0 Å². The number of aliphatic carboxylic acids is 1. The highest BCUT2D eigenvalue weighted by Gasteiger charge is 2.44. The number of carbonyl (C=O) groups is 2. The summed E-state index contributed by atoms with van der Waals surface area (Å²) in [4.78, 5) is 35.3. The number of aromatic nitrogens is 4. The highest BCUT2D eigenvalue weighted by Crippen LogP contribution is 2.35. The molecule has 2 fully saturated rings. The average Bonchev–Trinajstić information content (AvgIpc) is 3.60. The first-order valence-electron chi connectivity index (χ1n) is 15.8. The number of halogens is 3. The molecule has 2 aromatic heterocycles. The smallest absolute Gasteiger partial charge is 0.475 e. The van der Waals surface area contributed by atoms with Crippen molar-refractivity contribution < 1.29 is 38.1 Å². The lowest BCUT2D eigenvalue weighted by Gasteiger charge is -2.27. The maximum Gasteiger partial charge on any atom is 0.490 e. The lowest BCUT2D eigenvalue weighted by atomic mass is 9.92. The van der Waals surface area contributed by atoms with Crippen molar-refractivity contribution in [3.8, 4) is 0 Å². The first kappa shape index (κ1) is 34.8. The number of alkyl halides is 3. The van der Waals surface area contributed by atoms with Crippen LogP contribution in [0.2, 0.25) is 0 Å². The SMILES string of the molecule is CCC(=O)N[C@H]1C[C@@H](n2cnc3c(NCc4cccc5ccccc45)nc(NC4CCC(N)CC4)nc32)[C@H](O)[C@@H]1O.O=C(O)C(F)(F)F. The van der Waals surface area contributed by atoms with E-state index in [0.717, 1.165) is 31.2 Å². The normalized spacial score (nSPS) is 24.1. The number of nitrogens with zero attached hydrogens (tertiary/aromatic N) is 4. The molecule has 0 unspecified atom stereocenters. The molecule has 2 aromatic carbocycles. The van der Waals surface area contributed by atoms with Crippen molar-refractivity contribution in [1.82, 2.24) is 24.8 Å². The minimum Gasteiger partial charge on any atom is -0.475 e. The topological polar surface area (TPSA) is 201 Å². The fraction of sp³-hybridized carbons (Fsp3) is 0.469. The number of nitrogens with one attached hydrogen (secondary N) is 3. The summed E-state index contributed by atoms with van der Waals surface area (Å²) in [7, 11) is 0. The second-order valence-electron chi connectivity index (χ2n) is 12.1. The van der Waals surface area contributed by atoms with Gasteiger partial charge in [-0.05, 0) is 48.4 Å². The van der Waals surface area contributed by atoms with E-state index in [1.54, 1.807) is 17.8 Å². The van der Waals surface area contributed by atoms with Gasteiger partial charge in [0.2, 0.25) is 11.9 Å². The van der Waals surface area contributed by atoms with Gasteiger partial charge in [-0.1, -0.05) is 49.4 Å². The van der Waals surface area contributed by atoms with Gasteiger partial charge in [-0.3, -0.25) is 4.79 Å².